The second-order valence-electron chi connectivity index (χ2n) is 4.86. The van der Waals surface area contributed by atoms with Crippen LogP contribution >= 0.6 is 53.0 Å². The number of methoxy groups -OCH3 is 2. The lowest BCUT2D eigenvalue weighted by Crippen LogP contribution is -2.02. The van der Waals surface area contributed by atoms with Crippen LogP contribution in [0.15, 0.2) is 42.5 Å². The number of esters is 2. The van der Waals surface area contributed by atoms with Crippen LogP contribution < -0.4 is 11.5 Å². The Bertz CT molecular complexity index is 784. The second-order valence-corrected chi connectivity index (χ2v) is 6.02. The molecule has 0 heterocycles. The average Bonchev–Trinajstić information content (AvgIpc) is 2.71. The minimum absolute atomic E-state index is 0.340. The number of aliphatic carboxylic acids is 1. The van der Waals surface area contributed by atoms with E-state index < -0.39 is 5.97 Å². The SMILES string of the molecule is CC(=O)O.COC(=O)c1ccc(N)c(I)c1.COC(=O)c1ccc(N)cc1.ClI. The minimum atomic E-state index is -0.833. The molecule has 0 saturated heterocycles. The third-order valence-electron chi connectivity index (χ3n) is 2.75. The first-order valence-electron chi connectivity index (χ1n) is 7.53. The van der Waals surface area contributed by atoms with Crippen molar-refractivity contribution in [3.8, 4) is 0 Å². The summed E-state index contributed by atoms with van der Waals surface area (Å²) in [5.41, 5.74) is 13.3. The van der Waals surface area contributed by atoms with Crippen LogP contribution in [-0.2, 0) is 14.3 Å². The molecule has 0 fully saturated rings. The summed E-state index contributed by atoms with van der Waals surface area (Å²) < 4.78 is 9.90. The lowest BCUT2D eigenvalue weighted by atomic mass is 10.2. The van der Waals surface area contributed by atoms with E-state index >= 15 is 0 Å². The highest BCUT2D eigenvalue weighted by Crippen LogP contribution is 2.16. The summed E-state index contributed by atoms with van der Waals surface area (Å²) in [4.78, 5) is 30.9. The van der Waals surface area contributed by atoms with Gasteiger partial charge < -0.3 is 26.0 Å². The maximum Gasteiger partial charge on any atom is 0.337 e. The molecular weight excluding hydrogens is 629 g/mol. The highest BCUT2D eigenvalue weighted by atomic mass is 127. The van der Waals surface area contributed by atoms with E-state index in [1.54, 1.807) is 63.9 Å². The van der Waals surface area contributed by atoms with E-state index in [4.69, 9.17) is 21.4 Å². The van der Waals surface area contributed by atoms with Gasteiger partial charge in [0.05, 0.1) is 25.3 Å². The van der Waals surface area contributed by atoms with Crippen LogP contribution in [0.25, 0.3) is 0 Å². The van der Waals surface area contributed by atoms with E-state index in [9.17, 15) is 9.59 Å². The molecule has 0 unspecified atom stereocenters. The number of nitrogens with two attached hydrogens (primary N) is 2. The number of halogens is 3. The van der Waals surface area contributed by atoms with E-state index in [0.29, 0.717) is 22.5 Å². The Hall–Kier alpha value is -1.80. The standard InChI is InChI=1S/C8H8INO2.C8H9NO2.C2H4O2.ClI/c1-12-8(11)5-2-3-7(10)6(9)4-5;1-11-8(10)6-2-4-7(9)5-3-6;1-2(3)4;1-2/h2-4H,10H2,1H3;2-5H,9H2,1H3;1H3,(H,3,4);. The molecule has 0 bridgehead atoms. The van der Waals surface area contributed by atoms with E-state index in [1.165, 1.54) is 14.2 Å². The summed E-state index contributed by atoms with van der Waals surface area (Å²) in [6.45, 7) is 1.08. The normalized spacial score (nSPS) is 8.48. The van der Waals surface area contributed by atoms with Gasteiger partial charge in [0.2, 0.25) is 0 Å². The maximum atomic E-state index is 11.0. The minimum Gasteiger partial charge on any atom is -0.481 e. The van der Waals surface area contributed by atoms with Crippen molar-refractivity contribution in [1.82, 2.24) is 0 Å². The van der Waals surface area contributed by atoms with Crippen LogP contribution in [-0.4, -0.2) is 37.2 Å². The summed E-state index contributed by atoms with van der Waals surface area (Å²) in [7, 11) is 7.31. The smallest absolute Gasteiger partial charge is 0.337 e. The number of carboxylic acid groups (broad SMARTS) is 1. The Morgan fingerprint density at radius 1 is 0.897 bits per heavy atom. The van der Waals surface area contributed by atoms with Gasteiger partial charge in [0, 0.05) is 43.3 Å². The topological polar surface area (TPSA) is 142 Å². The van der Waals surface area contributed by atoms with Crippen LogP contribution in [0.1, 0.15) is 27.6 Å². The molecule has 2 aromatic carbocycles. The summed E-state index contributed by atoms with van der Waals surface area (Å²) >= 11 is 3.69. The molecule has 0 aliphatic rings. The second kappa shape index (κ2) is 17.1. The number of nitrogen functional groups attached to an aromatic ring is 2. The number of ether oxygens (including phenoxy) is 2. The predicted octanol–water partition coefficient (Wildman–Crippen LogP) is 4.38. The van der Waals surface area contributed by atoms with Crippen molar-refractivity contribution in [3.63, 3.8) is 0 Å². The monoisotopic (exact) mass is 650 g/mol. The molecule has 2 aromatic rings. The fraction of sp³-hybridized carbons (Fsp3) is 0.167. The van der Waals surface area contributed by atoms with Gasteiger partial charge in [0.25, 0.3) is 5.97 Å². The Morgan fingerprint density at radius 3 is 1.66 bits per heavy atom. The number of hydrogen-bond acceptors (Lipinski definition) is 7. The maximum absolute atomic E-state index is 11.0. The molecule has 2 rings (SSSR count). The zero-order valence-corrected chi connectivity index (χ0v) is 20.9. The van der Waals surface area contributed by atoms with Gasteiger partial charge in [-0.1, -0.05) is 0 Å². The molecule has 11 heteroatoms. The van der Waals surface area contributed by atoms with Gasteiger partial charge in [-0.25, -0.2) is 9.59 Å². The van der Waals surface area contributed by atoms with Crippen LogP contribution in [0.3, 0.4) is 0 Å². The van der Waals surface area contributed by atoms with Gasteiger partial charge in [-0.15, -0.1) is 0 Å². The number of benzene rings is 2. The molecule has 29 heavy (non-hydrogen) atoms. The quantitative estimate of drug-likeness (QED) is 0.247. The lowest BCUT2D eigenvalue weighted by molar-refractivity contribution is -0.134. The molecule has 0 aliphatic carbocycles. The molecule has 8 nitrogen and oxygen atoms in total. The molecule has 0 aromatic heterocycles. The largest absolute Gasteiger partial charge is 0.481 e. The van der Waals surface area contributed by atoms with Gasteiger partial charge in [-0.2, -0.15) is 0 Å². The van der Waals surface area contributed by atoms with E-state index in [0.717, 1.165) is 10.5 Å². The molecule has 0 amide bonds. The zero-order valence-electron chi connectivity index (χ0n) is 15.8. The Morgan fingerprint density at radius 2 is 1.28 bits per heavy atom. The number of carbonyl (C=O) groups is 3. The van der Waals surface area contributed by atoms with Crippen LogP contribution in [0.4, 0.5) is 11.4 Å². The predicted molar refractivity (Wildman–Crippen MR) is 130 cm³/mol. The summed E-state index contributed by atoms with van der Waals surface area (Å²) in [6.07, 6.45) is 0. The summed E-state index contributed by atoms with van der Waals surface area (Å²) in [5.74, 6) is -1.52. The fourth-order valence-corrected chi connectivity index (χ4v) is 2.02. The van der Waals surface area contributed by atoms with Crippen LogP contribution in [0, 0.1) is 3.57 Å². The summed E-state index contributed by atoms with van der Waals surface area (Å²) in [6, 6.07) is 11.6. The van der Waals surface area contributed by atoms with Crippen molar-refractivity contribution in [2.24, 2.45) is 0 Å². The number of hydrogen-bond donors (Lipinski definition) is 3. The van der Waals surface area contributed by atoms with Gasteiger partial charge in [0.15, 0.2) is 0 Å². The van der Waals surface area contributed by atoms with E-state index in [2.05, 4.69) is 41.0 Å². The summed E-state index contributed by atoms with van der Waals surface area (Å²) in [5, 5.41) is 7.42. The van der Waals surface area contributed by atoms with Crippen molar-refractivity contribution >= 4 is 82.2 Å². The Labute approximate surface area is 199 Å². The molecule has 5 N–H and O–H groups in total. The molecule has 0 atom stereocenters. The highest BCUT2D eigenvalue weighted by Gasteiger charge is 2.06. The van der Waals surface area contributed by atoms with Crippen LogP contribution in [0.2, 0.25) is 0 Å². The van der Waals surface area contributed by atoms with Crippen molar-refractivity contribution in [1.29, 1.82) is 0 Å². The third-order valence-corrected chi connectivity index (χ3v) is 3.69. The van der Waals surface area contributed by atoms with E-state index in [1.807, 2.05) is 0 Å². The van der Waals surface area contributed by atoms with Gasteiger partial charge in [0.1, 0.15) is 0 Å². The number of carboxylic acids is 1. The Balaban J connectivity index is 0. The lowest BCUT2D eigenvalue weighted by Gasteiger charge is -2.01. The first-order valence-corrected chi connectivity index (χ1v) is 11.3. The molecule has 0 aliphatic heterocycles. The van der Waals surface area contributed by atoms with Crippen molar-refractivity contribution < 1.29 is 29.0 Å². The van der Waals surface area contributed by atoms with Crippen molar-refractivity contribution in [2.45, 2.75) is 6.92 Å². The molecule has 0 spiro atoms. The zero-order chi connectivity index (χ0) is 23.0. The average molecular weight is 651 g/mol. The van der Waals surface area contributed by atoms with Crippen molar-refractivity contribution in [2.75, 3.05) is 25.7 Å². The van der Waals surface area contributed by atoms with Gasteiger partial charge in [-0.05, 0) is 74.0 Å². The molecular formula is C18H21ClI2N2O6. The molecule has 0 radical (unpaired) electrons. The first-order chi connectivity index (χ1) is 13.6. The molecule has 0 saturated carbocycles. The highest BCUT2D eigenvalue weighted by molar-refractivity contribution is 14.1. The number of rotatable bonds is 2. The number of carbonyl (C=O) groups excluding carboxylic acids is 2. The van der Waals surface area contributed by atoms with Gasteiger partial charge >= 0.3 is 11.9 Å². The molecule has 160 valence electrons. The van der Waals surface area contributed by atoms with E-state index in [-0.39, 0.29) is 11.9 Å². The fourth-order valence-electron chi connectivity index (χ4n) is 1.51. The number of anilines is 2. The van der Waals surface area contributed by atoms with Crippen LogP contribution in [0.5, 0.6) is 0 Å². The first kappa shape index (κ1) is 29.4. The van der Waals surface area contributed by atoms with Gasteiger partial charge in [-0.3, -0.25) is 4.79 Å². The third kappa shape index (κ3) is 13.9. The Kier molecular flexibility index (Phi) is 17.3. The van der Waals surface area contributed by atoms with Crippen molar-refractivity contribution in [3.05, 3.63) is 57.2 Å².